The Kier molecular flexibility index (Phi) is 3.47. The molecule has 0 spiro atoms. The first kappa shape index (κ1) is 12.1. The summed E-state index contributed by atoms with van der Waals surface area (Å²) in [5.74, 6) is -0.983. The van der Waals surface area contributed by atoms with Gasteiger partial charge in [0.25, 0.3) is 0 Å². The van der Waals surface area contributed by atoms with Crippen molar-refractivity contribution in [2.24, 2.45) is 0 Å². The number of cyclic esters (lactones) is 1. The maximum atomic E-state index is 11.8. The Hall–Kier alpha value is -1.36. The van der Waals surface area contributed by atoms with Crippen LogP contribution in [0.1, 0.15) is 22.8 Å². The van der Waals surface area contributed by atoms with Crippen LogP contribution in [0, 0.1) is 0 Å². The van der Waals surface area contributed by atoms with Crippen molar-refractivity contribution >= 4 is 27.9 Å². The predicted molar refractivity (Wildman–Crippen MR) is 63.7 cm³/mol. The van der Waals surface area contributed by atoms with E-state index in [1.807, 2.05) is 12.1 Å². The molecule has 1 unspecified atom stereocenters. The number of carbonyl (C=O) groups is 2. The second-order valence-electron chi connectivity index (χ2n) is 3.62. The van der Waals surface area contributed by atoms with E-state index in [0.29, 0.717) is 16.5 Å². The third-order valence-electron chi connectivity index (χ3n) is 2.51. The van der Waals surface area contributed by atoms with E-state index in [1.165, 1.54) is 0 Å². The minimum Gasteiger partial charge on any atom is -0.463 e. The van der Waals surface area contributed by atoms with Crippen LogP contribution in [0.2, 0.25) is 0 Å². The van der Waals surface area contributed by atoms with E-state index in [1.54, 1.807) is 13.0 Å². The zero-order valence-corrected chi connectivity index (χ0v) is 10.8. The minimum atomic E-state index is -0.829. The van der Waals surface area contributed by atoms with Crippen molar-refractivity contribution in [2.45, 2.75) is 19.4 Å². The molecule has 0 saturated carbocycles. The van der Waals surface area contributed by atoms with Gasteiger partial charge < -0.3 is 9.47 Å². The van der Waals surface area contributed by atoms with Crippen LogP contribution in [-0.4, -0.2) is 24.6 Å². The summed E-state index contributed by atoms with van der Waals surface area (Å²) in [4.78, 5) is 23.3. The monoisotopic (exact) mass is 298 g/mol. The number of carbonyl (C=O) groups excluding carboxylic acids is 2. The molecule has 1 heterocycles. The van der Waals surface area contributed by atoms with Gasteiger partial charge in [-0.2, -0.15) is 0 Å². The lowest BCUT2D eigenvalue weighted by Crippen LogP contribution is -2.35. The molecule has 0 bridgehead atoms. The number of esters is 2. The van der Waals surface area contributed by atoms with Gasteiger partial charge in [-0.05, 0) is 34.5 Å². The van der Waals surface area contributed by atoms with Gasteiger partial charge in [0.05, 0.1) is 12.2 Å². The van der Waals surface area contributed by atoms with Crippen LogP contribution in [0.5, 0.6) is 0 Å². The Morgan fingerprint density at radius 2 is 2.35 bits per heavy atom. The second-order valence-corrected chi connectivity index (χ2v) is 4.48. The molecule has 5 heteroatoms. The highest BCUT2D eigenvalue weighted by Crippen LogP contribution is 2.27. The minimum absolute atomic E-state index is 0.276. The first-order chi connectivity index (χ1) is 8.13. The molecule has 1 aliphatic heterocycles. The van der Waals surface area contributed by atoms with Crippen molar-refractivity contribution < 1.29 is 19.1 Å². The summed E-state index contributed by atoms with van der Waals surface area (Å²) in [5.41, 5.74) is 1.29. The van der Waals surface area contributed by atoms with Crippen LogP contribution in [0.15, 0.2) is 22.7 Å². The van der Waals surface area contributed by atoms with E-state index in [9.17, 15) is 9.59 Å². The molecule has 1 atom stereocenters. The lowest BCUT2D eigenvalue weighted by molar-refractivity contribution is -0.153. The summed E-state index contributed by atoms with van der Waals surface area (Å²) in [6.07, 6.45) is -0.469. The summed E-state index contributed by atoms with van der Waals surface area (Å²) >= 11 is 3.29. The van der Waals surface area contributed by atoms with Crippen LogP contribution in [0.4, 0.5) is 0 Å². The summed E-state index contributed by atoms with van der Waals surface area (Å²) in [5, 5.41) is 0. The fourth-order valence-corrected chi connectivity index (χ4v) is 2.33. The number of benzene rings is 1. The predicted octanol–water partition coefficient (Wildman–Crippen LogP) is 2.09. The number of rotatable bonds is 2. The SMILES string of the molecule is CCOC(=O)C1Cc2cccc(Br)c2C(=O)O1. The largest absolute Gasteiger partial charge is 0.463 e. The van der Waals surface area contributed by atoms with Gasteiger partial charge in [0.15, 0.2) is 0 Å². The van der Waals surface area contributed by atoms with Gasteiger partial charge in [0, 0.05) is 10.9 Å². The number of hydrogen-bond donors (Lipinski definition) is 0. The van der Waals surface area contributed by atoms with Crippen molar-refractivity contribution in [1.82, 2.24) is 0 Å². The van der Waals surface area contributed by atoms with E-state index in [4.69, 9.17) is 9.47 Å². The summed E-state index contributed by atoms with van der Waals surface area (Å²) < 4.78 is 10.6. The first-order valence-corrected chi connectivity index (χ1v) is 6.07. The summed E-state index contributed by atoms with van der Waals surface area (Å²) in [6, 6.07) is 5.40. The molecule has 90 valence electrons. The standard InChI is InChI=1S/C12H11BrO4/c1-2-16-11(14)9-6-7-4-3-5-8(13)10(7)12(15)17-9/h3-5,9H,2,6H2,1H3. The van der Waals surface area contributed by atoms with E-state index in [2.05, 4.69) is 15.9 Å². The van der Waals surface area contributed by atoms with Crippen LogP contribution in [0.25, 0.3) is 0 Å². The number of halogens is 1. The fourth-order valence-electron chi connectivity index (χ4n) is 1.76. The molecule has 1 aromatic rings. The Morgan fingerprint density at radius 3 is 3.06 bits per heavy atom. The van der Waals surface area contributed by atoms with Crippen LogP contribution >= 0.6 is 15.9 Å². The van der Waals surface area contributed by atoms with E-state index in [-0.39, 0.29) is 6.61 Å². The molecular weight excluding hydrogens is 288 g/mol. The van der Waals surface area contributed by atoms with Gasteiger partial charge in [-0.1, -0.05) is 12.1 Å². The molecule has 0 saturated heterocycles. The lowest BCUT2D eigenvalue weighted by Gasteiger charge is -2.23. The summed E-state index contributed by atoms with van der Waals surface area (Å²) in [6.45, 7) is 1.99. The first-order valence-electron chi connectivity index (χ1n) is 5.28. The highest BCUT2D eigenvalue weighted by atomic mass is 79.9. The maximum Gasteiger partial charge on any atom is 0.347 e. The topological polar surface area (TPSA) is 52.6 Å². The van der Waals surface area contributed by atoms with Gasteiger partial charge >= 0.3 is 11.9 Å². The van der Waals surface area contributed by atoms with Crippen molar-refractivity contribution in [2.75, 3.05) is 6.61 Å². The zero-order valence-electron chi connectivity index (χ0n) is 9.23. The molecular formula is C12H11BrO4. The average Bonchev–Trinajstić information content (AvgIpc) is 2.29. The van der Waals surface area contributed by atoms with Crippen LogP contribution < -0.4 is 0 Å². The van der Waals surface area contributed by atoms with Gasteiger partial charge in [-0.25, -0.2) is 9.59 Å². The lowest BCUT2D eigenvalue weighted by atomic mass is 9.99. The van der Waals surface area contributed by atoms with Crippen molar-refractivity contribution in [3.8, 4) is 0 Å². The highest BCUT2D eigenvalue weighted by Gasteiger charge is 2.33. The third kappa shape index (κ3) is 2.34. The average molecular weight is 299 g/mol. The molecule has 17 heavy (non-hydrogen) atoms. The van der Waals surface area contributed by atoms with Crippen LogP contribution in [-0.2, 0) is 20.7 Å². The van der Waals surface area contributed by atoms with Crippen molar-refractivity contribution in [3.05, 3.63) is 33.8 Å². The number of fused-ring (bicyclic) bond motifs is 1. The molecule has 0 amide bonds. The zero-order chi connectivity index (χ0) is 12.4. The van der Waals surface area contributed by atoms with Gasteiger partial charge in [0.2, 0.25) is 6.10 Å². The van der Waals surface area contributed by atoms with Crippen molar-refractivity contribution in [1.29, 1.82) is 0 Å². The quantitative estimate of drug-likeness (QED) is 0.785. The highest BCUT2D eigenvalue weighted by molar-refractivity contribution is 9.10. The van der Waals surface area contributed by atoms with Gasteiger partial charge in [-0.3, -0.25) is 0 Å². The number of ether oxygens (including phenoxy) is 2. The van der Waals surface area contributed by atoms with Crippen LogP contribution in [0.3, 0.4) is 0 Å². The molecule has 0 N–H and O–H groups in total. The molecule has 4 nitrogen and oxygen atoms in total. The Morgan fingerprint density at radius 1 is 1.59 bits per heavy atom. The van der Waals surface area contributed by atoms with Gasteiger partial charge in [-0.15, -0.1) is 0 Å². The molecule has 1 aliphatic rings. The number of hydrogen-bond acceptors (Lipinski definition) is 4. The normalized spacial score (nSPS) is 18.2. The molecule has 0 aliphatic carbocycles. The Labute approximate surface area is 107 Å². The second kappa shape index (κ2) is 4.87. The third-order valence-corrected chi connectivity index (χ3v) is 3.17. The van der Waals surface area contributed by atoms with Gasteiger partial charge in [0.1, 0.15) is 0 Å². The Balaban J connectivity index is 2.28. The molecule has 2 rings (SSSR count). The van der Waals surface area contributed by atoms with E-state index in [0.717, 1.165) is 5.56 Å². The summed E-state index contributed by atoms with van der Waals surface area (Å²) in [7, 11) is 0. The fraction of sp³-hybridized carbons (Fsp3) is 0.333. The van der Waals surface area contributed by atoms with Crippen molar-refractivity contribution in [3.63, 3.8) is 0 Å². The molecule has 0 fully saturated rings. The molecule has 0 radical (unpaired) electrons. The Bertz CT molecular complexity index is 470. The molecule has 0 aromatic heterocycles. The van der Waals surface area contributed by atoms with E-state index >= 15 is 0 Å². The maximum absolute atomic E-state index is 11.8. The molecule has 1 aromatic carbocycles. The smallest absolute Gasteiger partial charge is 0.347 e. The van der Waals surface area contributed by atoms with E-state index < -0.39 is 18.0 Å².